The van der Waals surface area contributed by atoms with E-state index in [1.165, 1.54) is 0 Å². The Morgan fingerprint density at radius 3 is 2.94 bits per heavy atom. The van der Waals surface area contributed by atoms with Gasteiger partial charge in [-0.2, -0.15) is 4.98 Å². The van der Waals surface area contributed by atoms with Gasteiger partial charge in [0, 0.05) is 10.6 Å². The maximum atomic E-state index is 9.18. The quantitative estimate of drug-likeness (QED) is 0.905. The standard InChI is InChI=1S/C11H11ClN2O3/c1-7-13-11(17-14-7)6-16-10-4-2-3-9(12)8(10)5-15/h2-4,15H,5-6H2,1H3. The molecule has 17 heavy (non-hydrogen) atoms. The number of aromatic nitrogens is 2. The SMILES string of the molecule is Cc1noc(COc2cccc(Cl)c2CO)n1. The number of nitrogens with zero attached hydrogens (tertiary/aromatic N) is 2. The van der Waals surface area contributed by atoms with Gasteiger partial charge in [-0.05, 0) is 19.1 Å². The highest BCUT2D eigenvalue weighted by atomic mass is 35.5. The van der Waals surface area contributed by atoms with Crippen molar-refractivity contribution in [3.8, 4) is 5.75 Å². The number of hydrogen-bond acceptors (Lipinski definition) is 5. The molecule has 1 N–H and O–H groups in total. The molecule has 90 valence electrons. The zero-order chi connectivity index (χ0) is 12.3. The zero-order valence-corrected chi connectivity index (χ0v) is 9.94. The Balaban J connectivity index is 2.11. The molecule has 0 atom stereocenters. The second-order valence-corrected chi connectivity index (χ2v) is 3.81. The van der Waals surface area contributed by atoms with E-state index in [1.807, 2.05) is 0 Å². The van der Waals surface area contributed by atoms with E-state index >= 15 is 0 Å². The van der Waals surface area contributed by atoms with Crippen LogP contribution >= 0.6 is 11.6 Å². The van der Waals surface area contributed by atoms with Crippen molar-refractivity contribution in [1.29, 1.82) is 0 Å². The summed E-state index contributed by atoms with van der Waals surface area (Å²) in [6.45, 7) is 1.69. The van der Waals surface area contributed by atoms with Gasteiger partial charge in [-0.3, -0.25) is 0 Å². The van der Waals surface area contributed by atoms with Crippen molar-refractivity contribution in [3.63, 3.8) is 0 Å². The van der Waals surface area contributed by atoms with Gasteiger partial charge >= 0.3 is 0 Å². The van der Waals surface area contributed by atoms with Gasteiger partial charge in [-0.25, -0.2) is 0 Å². The van der Waals surface area contributed by atoms with E-state index in [9.17, 15) is 5.11 Å². The summed E-state index contributed by atoms with van der Waals surface area (Å²) >= 11 is 5.92. The fraction of sp³-hybridized carbons (Fsp3) is 0.273. The lowest BCUT2D eigenvalue weighted by Gasteiger charge is -2.09. The normalized spacial score (nSPS) is 10.5. The van der Waals surface area contributed by atoms with Crippen LogP contribution in [0.5, 0.6) is 5.75 Å². The average Bonchev–Trinajstić information content (AvgIpc) is 2.72. The minimum absolute atomic E-state index is 0.147. The van der Waals surface area contributed by atoms with Crippen LogP contribution in [-0.4, -0.2) is 15.2 Å². The smallest absolute Gasteiger partial charge is 0.264 e. The summed E-state index contributed by atoms with van der Waals surface area (Å²) in [6.07, 6.45) is 0. The average molecular weight is 255 g/mol. The monoisotopic (exact) mass is 254 g/mol. The highest BCUT2D eigenvalue weighted by molar-refractivity contribution is 6.31. The fourth-order valence-electron chi connectivity index (χ4n) is 1.37. The Morgan fingerprint density at radius 1 is 1.47 bits per heavy atom. The lowest BCUT2D eigenvalue weighted by atomic mass is 10.2. The van der Waals surface area contributed by atoms with Crippen molar-refractivity contribution in [2.45, 2.75) is 20.1 Å². The molecule has 0 unspecified atom stereocenters. The molecule has 0 aliphatic heterocycles. The Morgan fingerprint density at radius 2 is 2.29 bits per heavy atom. The summed E-state index contributed by atoms with van der Waals surface area (Å²) in [5, 5.41) is 13.3. The van der Waals surface area contributed by atoms with Crippen LogP contribution in [0.1, 0.15) is 17.3 Å². The van der Waals surface area contributed by atoms with Gasteiger partial charge in [0.25, 0.3) is 5.89 Å². The van der Waals surface area contributed by atoms with E-state index in [0.717, 1.165) is 0 Å². The van der Waals surface area contributed by atoms with Crippen LogP contribution in [0.3, 0.4) is 0 Å². The maximum absolute atomic E-state index is 9.18. The van der Waals surface area contributed by atoms with Gasteiger partial charge < -0.3 is 14.4 Å². The molecule has 0 amide bonds. The molecular weight excluding hydrogens is 244 g/mol. The maximum Gasteiger partial charge on any atom is 0.264 e. The van der Waals surface area contributed by atoms with Gasteiger partial charge in [0.1, 0.15) is 5.75 Å². The largest absolute Gasteiger partial charge is 0.483 e. The third-order valence-corrected chi connectivity index (χ3v) is 2.51. The van der Waals surface area contributed by atoms with Crippen molar-refractivity contribution in [1.82, 2.24) is 10.1 Å². The first-order valence-electron chi connectivity index (χ1n) is 5.01. The predicted octanol–water partition coefficient (Wildman–Crippen LogP) is 2.10. The van der Waals surface area contributed by atoms with E-state index in [-0.39, 0.29) is 13.2 Å². The first-order valence-corrected chi connectivity index (χ1v) is 5.38. The van der Waals surface area contributed by atoms with Gasteiger partial charge in [0.15, 0.2) is 12.4 Å². The highest BCUT2D eigenvalue weighted by Gasteiger charge is 2.09. The molecule has 0 aliphatic carbocycles. The summed E-state index contributed by atoms with van der Waals surface area (Å²) in [4.78, 5) is 4.01. The molecule has 0 saturated heterocycles. The summed E-state index contributed by atoms with van der Waals surface area (Å²) in [5.41, 5.74) is 0.547. The van der Waals surface area contributed by atoms with Crippen LogP contribution in [0.15, 0.2) is 22.7 Å². The third kappa shape index (κ3) is 2.75. The highest BCUT2D eigenvalue weighted by Crippen LogP contribution is 2.26. The molecule has 1 aromatic heterocycles. The minimum atomic E-state index is -0.183. The summed E-state index contributed by atoms with van der Waals surface area (Å²) in [7, 11) is 0. The summed E-state index contributed by atoms with van der Waals surface area (Å²) in [5.74, 6) is 1.44. The van der Waals surface area contributed by atoms with Gasteiger partial charge in [-0.15, -0.1) is 0 Å². The van der Waals surface area contributed by atoms with Gasteiger partial charge in [-0.1, -0.05) is 22.8 Å². The number of hydrogen-bond donors (Lipinski definition) is 1. The topological polar surface area (TPSA) is 68.4 Å². The van der Waals surface area contributed by atoms with Crippen LogP contribution in [0.25, 0.3) is 0 Å². The molecule has 1 heterocycles. The van der Waals surface area contributed by atoms with Crippen LogP contribution in [-0.2, 0) is 13.2 Å². The van der Waals surface area contributed by atoms with Crippen molar-refractivity contribution < 1.29 is 14.4 Å². The van der Waals surface area contributed by atoms with Gasteiger partial charge in [0.05, 0.1) is 6.61 Å². The van der Waals surface area contributed by atoms with E-state index < -0.39 is 0 Å². The molecule has 2 aromatic rings. The molecule has 2 rings (SSSR count). The van der Waals surface area contributed by atoms with E-state index in [0.29, 0.717) is 28.1 Å². The molecule has 1 aromatic carbocycles. The zero-order valence-electron chi connectivity index (χ0n) is 9.18. The lowest BCUT2D eigenvalue weighted by molar-refractivity contribution is 0.229. The van der Waals surface area contributed by atoms with Gasteiger partial charge in [0.2, 0.25) is 0 Å². The molecule has 5 nitrogen and oxygen atoms in total. The number of aliphatic hydroxyl groups excluding tert-OH is 1. The number of aryl methyl sites for hydroxylation is 1. The lowest BCUT2D eigenvalue weighted by Crippen LogP contribution is -1.99. The molecule has 0 radical (unpaired) electrons. The van der Waals surface area contributed by atoms with Crippen LogP contribution in [0.4, 0.5) is 0 Å². The number of rotatable bonds is 4. The Hall–Kier alpha value is -1.59. The second kappa shape index (κ2) is 5.16. The van der Waals surface area contributed by atoms with Crippen LogP contribution < -0.4 is 4.74 Å². The molecule has 6 heteroatoms. The minimum Gasteiger partial charge on any atom is -0.483 e. The Kier molecular flexibility index (Phi) is 3.61. The Bertz CT molecular complexity index is 513. The summed E-state index contributed by atoms with van der Waals surface area (Å²) in [6, 6.07) is 5.16. The Labute approximate surface area is 103 Å². The molecule has 0 spiro atoms. The fourth-order valence-corrected chi connectivity index (χ4v) is 1.59. The predicted molar refractivity (Wildman–Crippen MR) is 60.7 cm³/mol. The van der Waals surface area contributed by atoms with Crippen molar-refractivity contribution in [3.05, 3.63) is 40.5 Å². The third-order valence-electron chi connectivity index (χ3n) is 2.15. The van der Waals surface area contributed by atoms with E-state index in [1.54, 1.807) is 25.1 Å². The molecular formula is C11H11ClN2O3. The second-order valence-electron chi connectivity index (χ2n) is 3.40. The first-order chi connectivity index (χ1) is 8.20. The van der Waals surface area contributed by atoms with Crippen molar-refractivity contribution in [2.24, 2.45) is 0 Å². The molecule has 0 saturated carbocycles. The van der Waals surface area contributed by atoms with E-state index in [2.05, 4.69) is 10.1 Å². The van der Waals surface area contributed by atoms with Crippen LogP contribution in [0, 0.1) is 6.92 Å². The molecule has 0 aliphatic rings. The number of aliphatic hydroxyl groups is 1. The summed E-state index contributed by atoms with van der Waals surface area (Å²) < 4.78 is 10.4. The van der Waals surface area contributed by atoms with Crippen LogP contribution in [0.2, 0.25) is 5.02 Å². The van der Waals surface area contributed by atoms with Crippen molar-refractivity contribution >= 4 is 11.6 Å². The molecule has 0 bridgehead atoms. The first kappa shape index (κ1) is 11.9. The number of ether oxygens (including phenoxy) is 1. The number of benzene rings is 1. The molecule has 0 fully saturated rings. The van der Waals surface area contributed by atoms with E-state index in [4.69, 9.17) is 20.9 Å². The van der Waals surface area contributed by atoms with Crippen molar-refractivity contribution in [2.75, 3.05) is 0 Å². The number of halogens is 1.